The Bertz CT molecular complexity index is 610. The predicted molar refractivity (Wildman–Crippen MR) is 80.6 cm³/mol. The number of nitrogens with one attached hydrogen (secondary N) is 1. The van der Waals surface area contributed by atoms with E-state index in [4.69, 9.17) is 23.2 Å². The van der Waals surface area contributed by atoms with Crippen molar-refractivity contribution in [3.63, 3.8) is 0 Å². The van der Waals surface area contributed by atoms with E-state index >= 15 is 0 Å². The fraction of sp³-hybridized carbons (Fsp3) is 0.231. The number of amides is 1. The van der Waals surface area contributed by atoms with Crippen molar-refractivity contribution in [3.8, 4) is 0 Å². The van der Waals surface area contributed by atoms with Crippen LogP contribution in [0.1, 0.15) is 26.3 Å². The minimum Gasteiger partial charge on any atom is -0.386 e. The molecule has 1 aromatic carbocycles. The summed E-state index contributed by atoms with van der Waals surface area (Å²) in [7, 11) is 0. The van der Waals surface area contributed by atoms with Gasteiger partial charge < -0.3 is 10.4 Å². The number of rotatable bonds is 4. The minimum atomic E-state index is -0.964. The molecular formula is C13H12Cl2N2O2S. The lowest BCUT2D eigenvalue weighted by atomic mass is 10.1. The van der Waals surface area contributed by atoms with Crippen molar-refractivity contribution >= 4 is 40.4 Å². The zero-order chi connectivity index (χ0) is 14.7. The fourth-order valence-corrected chi connectivity index (χ4v) is 3.02. The summed E-state index contributed by atoms with van der Waals surface area (Å²) in [6.45, 7) is 1.85. The molecule has 0 aliphatic heterocycles. The van der Waals surface area contributed by atoms with E-state index in [9.17, 15) is 9.90 Å². The molecule has 0 radical (unpaired) electrons. The highest BCUT2D eigenvalue weighted by molar-refractivity contribution is 7.13. The Morgan fingerprint density at radius 2 is 2.10 bits per heavy atom. The smallest absolute Gasteiger partial charge is 0.263 e. The van der Waals surface area contributed by atoms with Gasteiger partial charge in [0.25, 0.3) is 5.91 Å². The Kier molecular flexibility index (Phi) is 4.99. The molecule has 7 heteroatoms. The Labute approximate surface area is 130 Å². The number of hydrogen-bond donors (Lipinski definition) is 2. The third kappa shape index (κ3) is 3.49. The highest BCUT2D eigenvalue weighted by Gasteiger charge is 2.17. The summed E-state index contributed by atoms with van der Waals surface area (Å²) in [6.07, 6.45) is 0.540. The van der Waals surface area contributed by atoms with E-state index in [1.54, 1.807) is 18.2 Å². The highest BCUT2D eigenvalue weighted by Crippen LogP contribution is 2.29. The van der Waals surface area contributed by atoms with Crippen molar-refractivity contribution in [2.75, 3.05) is 6.54 Å². The van der Waals surface area contributed by atoms with Gasteiger partial charge in [-0.1, -0.05) is 29.3 Å². The molecule has 0 aliphatic rings. The molecule has 1 heterocycles. The van der Waals surface area contributed by atoms with Gasteiger partial charge in [0.05, 0.1) is 17.3 Å². The molecule has 2 aromatic rings. The number of benzene rings is 1. The monoisotopic (exact) mass is 330 g/mol. The number of aryl methyl sites for hydroxylation is 1. The van der Waals surface area contributed by atoms with Crippen LogP contribution in [0.2, 0.25) is 10.0 Å². The molecule has 0 unspecified atom stereocenters. The summed E-state index contributed by atoms with van der Waals surface area (Å²) in [5, 5.41) is 14.3. The third-order valence-corrected chi connectivity index (χ3v) is 4.20. The first-order valence-electron chi connectivity index (χ1n) is 5.81. The molecule has 1 atom stereocenters. The molecule has 0 spiro atoms. The Hall–Kier alpha value is -1.14. The molecule has 0 fully saturated rings. The Morgan fingerprint density at radius 1 is 1.45 bits per heavy atom. The topological polar surface area (TPSA) is 62.2 Å². The van der Waals surface area contributed by atoms with Crippen LogP contribution in [0.15, 0.2) is 24.4 Å². The van der Waals surface area contributed by atoms with Gasteiger partial charge in [-0.15, -0.1) is 11.3 Å². The van der Waals surface area contributed by atoms with Crippen molar-refractivity contribution in [2.24, 2.45) is 0 Å². The zero-order valence-corrected chi connectivity index (χ0v) is 12.9. The van der Waals surface area contributed by atoms with Crippen LogP contribution < -0.4 is 5.32 Å². The molecular weight excluding hydrogens is 319 g/mol. The van der Waals surface area contributed by atoms with Gasteiger partial charge in [0.15, 0.2) is 0 Å². The lowest BCUT2D eigenvalue weighted by Crippen LogP contribution is -2.28. The van der Waals surface area contributed by atoms with Crippen molar-refractivity contribution in [3.05, 3.63) is 49.9 Å². The zero-order valence-electron chi connectivity index (χ0n) is 10.6. The second-order valence-electron chi connectivity index (χ2n) is 4.10. The molecule has 20 heavy (non-hydrogen) atoms. The van der Waals surface area contributed by atoms with E-state index in [1.807, 2.05) is 6.92 Å². The predicted octanol–water partition coefficient (Wildman–Crippen LogP) is 3.22. The van der Waals surface area contributed by atoms with E-state index in [1.165, 1.54) is 17.5 Å². The van der Waals surface area contributed by atoms with Crippen LogP contribution in [0.4, 0.5) is 0 Å². The largest absolute Gasteiger partial charge is 0.386 e. The lowest BCUT2D eigenvalue weighted by Gasteiger charge is -2.14. The van der Waals surface area contributed by atoms with Crippen LogP contribution >= 0.6 is 34.5 Å². The number of aliphatic hydroxyl groups is 1. The minimum absolute atomic E-state index is 0.0270. The average molecular weight is 331 g/mol. The molecule has 4 nitrogen and oxygen atoms in total. The maximum atomic E-state index is 11.8. The van der Waals surface area contributed by atoms with Crippen LogP contribution in [0.25, 0.3) is 0 Å². The SMILES string of the molecule is Cc1ncc(C(=O)NC[C@@H](O)c2c(Cl)cccc2Cl)s1. The number of carbonyl (C=O) groups excluding carboxylic acids is 1. The van der Waals surface area contributed by atoms with Gasteiger partial charge in [0.2, 0.25) is 0 Å². The number of halogens is 2. The summed E-state index contributed by atoms with van der Waals surface area (Å²) in [5.41, 5.74) is 0.414. The molecule has 2 N–H and O–H groups in total. The van der Waals surface area contributed by atoms with Gasteiger partial charge in [-0.3, -0.25) is 4.79 Å². The first-order valence-corrected chi connectivity index (χ1v) is 7.39. The Balaban J connectivity index is 2.02. The van der Waals surface area contributed by atoms with E-state index < -0.39 is 6.10 Å². The quantitative estimate of drug-likeness (QED) is 0.904. The maximum Gasteiger partial charge on any atom is 0.263 e. The first kappa shape index (κ1) is 15.3. The highest BCUT2D eigenvalue weighted by atomic mass is 35.5. The molecule has 0 saturated heterocycles. The van der Waals surface area contributed by atoms with Crippen molar-refractivity contribution in [1.29, 1.82) is 0 Å². The van der Waals surface area contributed by atoms with Gasteiger partial charge in [0.1, 0.15) is 4.88 Å². The van der Waals surface area contributed by atoms with Crippen molar-refractivity contribution in [2.45, 2.75) is 13.0 Å². The number of thiazole rings is 1. The van der Waals surface area contributed by atoms with Gasteiger partial charge in [-0.05, 0) is 19.1 Å². The second kappa shape index (κ2) is 6.54. The van der Waals surface area contributed by atoms with Crippen LogP contribution in [-0.2, 0) is 0 Å². The molecule has 0 aliphatic carbocycles. The lowest BCUT2D eigenvalue weighted by molar-refractivity contribution is 0.0920. The number of hydrogen-bond acceptors (Lipinski definition) is 4. The van der Waals surface area contributed by atoms with Gasteiger partial charge in [-0.2, -0.15) is 0 Å². The van der Waals surface area contributed by atoms with Gasteiger partial charge in [0, 0.05) is 22.2 Å². The molecule has 0 saturated carbocycles. The van der Waals surface area contributed by atoms with E-state index in [-0.39, 0.29) is 12.5 Å². The summed E-state index contributed by atoms with van der Waals surface area (Å²) in [5.74, 6) is -0.280. The standard InChI is InChI=1S/C13H12Cl2N2O2S/c1-7-16-6-11(20-7)13(19)17-5-10(18)12-8(14)3-2-4-9(12)15/h2-4,6,10,18H,5H2,1H3,(H,17,19)/t10-/m1/s1. The molecule has 0 bridgehead atoms. The molecule has 1 amide bonds. The maximum absolute atomic E-state index is 11.8. The third-order valence-electron chi connectivity index (χ3n) is 2.63. The normalized spacial score (nSPS) is 12.2. The number of carbonyl (C=O) groups is 1. The summed E-state index contributed by atoms with van der Waals surface area (Å²) < 4.78 is 0. The second-order valence-corrected chi connectivity index (χ2v) is 6.15. The molecule has 1 aromatic heterocycles. The van der Waals surface area contributed by atoms with E-state index in [0.717, 1.165) is 5.01 Å². The molecule has 2 rings (SSSR count). The van der Waals surface area contributed by atoms with E-state index in [0.29, 0.717) is 20.5 Å². The first-order chi connectivity index (χ1) is 9.49. The number of aromatic nitrogens is 1. The summed E-state index contributed by atoms with van der Waals surface area (Å²) >= 11 is 13.3. The number of aliphatic hydroxyl groups excluding tert-OH is 1. The van der Waals surface area contributed by atoms with E-state index in [2.05, 4.69) is 10.3 Å². The van der Waals surface area contributed by atoms with Gasteiger partial charge in [-0.25, -0.2) is 4.98 Å². The fourth-order valence-electron chi connectivity index (χ4n) is 1.67. The number of nitrogens with zero attached hydrogens (tertiary/aromatic N) is 1. The van der Waals surface area contributed by atoms with Crippen molar-refractivity contribution < 1.29 is 9.90 Å². The van der Waals surface area contributed by atoms with Crippen LogP contribution in [0.5, 0.6) is 0 Å². The summed E-state index contributed by atoms with van der Waals surface area (Å²) in [6, 6.07) is 4.97. The summed E-state index contributed by atoms with van der Waals surface area (Å²) in [4.78, 5) is 16.3. The van der Waals surface area contributed by atoms with Crippen molar-refractivity contribution in [1.82, 2.24) is 10.3 Å². The van der Waals surface area contributed by atoms with Crippen LogP contribution in [0.3, 0.4) is 0 Å². The Morgan fingerprint density at radius 3 is 2.65 bits per heavy atom. The molecule has 106 valence electrons. The van der Waals surface area contributed by atoms with Crippen LogP contribution in [0, 0.1) is 6.92 Å². The van der Waals surface area contributed by atoms with Gasteiger partial charge >= 0.3 is 0 Å². The van der Waals surface area contributed by atoms with Crippen LogP contribution in [-0.4, -0.2) is 22.5 Å². The average Bonchev–Trinajstić information content (AvgIpc) is 2.82.